The summed E-state index contributed by atoms with van der Waals surface area (Å²) in [5.74, 6) is 1.72. The Morgan fingerprint density at radius 3 is 2.71 bits per heavy atom. The van der Waals surface area contributed by atoms with Gasteiger partial charge in [-0.3, -0.25) is 9.48 Å². The van der Waals surface area contributed by atoms with E-state index in [0.717, 1.165) is 47.4 Å². The number of aromatic nitrogens is 4. The first-order valence-corrected chi connectivity index (χ1v) is 11.6. The minimum absolute atomic E-state index is 0.0916. The quantitative estimate of drug-likeness (QED) is 0.526. The van der Waals surface area contributed by atoms with Crippen LogP contribution in [0.3, 0.4) is 0 Å². The zero-order valence-electron chi connectivity index (χ0n) is 18.5. The van der Waals surface area contributed by atoms with Crippen molar-refractivity contribution >= 4 is 45.0 Å². The Morgan fingerprint density at radius 1 is 1.26 bits per heavy atom. The molecule has 1 aliphatic carbocycles. The number of esters is 1. The number of aryl methyl sites for hydroxylation is 1. The van der Waals surface area contributed by atoms with Crippen molar-refractivity contribution in [3.8, 4) is 0 Å². The highest BCUT2D eigenvalue weighted by Crippen LogP contribution is 2.33. The first-order valence-electron chi connectivity index (χ1n) is 10.7. The maximum absolute atomic E-state index is 12.1. The minimum atomic E-state index is -0.420. The summed E-state index contributed by atoms with van der Waals surface area (Å²) >= 11 is 1.64. The molecule has 1 aliphatic rings. The van der Waals surface area contributed by atoms with Gasteiger partial charge < -0.3 is 15.4 Å². The molecule has 0 atom stereocenters. The molecule has 1 saturated carbocycles. The largest absolute Gasteiger partial charge is 0.460 e. The summed E-state index contributed by atoms with van der Waals surface area (Å²) in [6, 6.07) is 2.35. The number of carbonyl (C=O) groups excluding carboxylic acids is 1. The van der Waals surface area contributed by atoms with E-state index in [9.17, 15) is 4.79 Å². The van der Waals surface area contributed by atoms with Crippen LogP contribution in [-0.4, -0.2) is 37.4 Å². The van der Waals surface area contributed by atoms with E-state index in [1.54, 1.807) is 22.2 Å². The number of ether oxygens (including phenoxy) is 1. The Bertz CT molecular complexity index is 1050. The van der Waals surface area contributed by atoms with Crippen molar-refractivity contribution in [2.24, 2.45) is 13.0 Å². The lowest BCUT2D eigenvalue weighted by atomic mass is 9.84. The zero-order chi connectivity index (χ0) is 22.0. The molecule has 3 aromatic rings. The molecule has 0 radical (unpaired) electrons. The summed E-state index contributed by atoms with van der Waals surface area (Å²) in [5.41, 5.74) is 1.36. The normalized spacial score (nSPS) is 19.4. The van der Waals surface area contributed by atoms with Crippen molar-refractivity contribution in [1.82, 2.24) is 19.7 Å². The van der Waals surface area contributed by atoms with Crippen LogP contribution in [0.4, 0.5) is 17.5 Å². The number of rotatable bonds is 6. The molecule has 0 unspecified atom stereocenters. The van der Waals surface area contributed by atoms with Crippen molar-refractivity contribution in [3.63, 3.8) is 0 Å². The second-order valence-electron chi connectivity index (χ2n) is 9.21. The molecule has 2 N–H and O–H groups in total. The summed E-state index contributed by atoms with van der Waals surface area (Å²) in [4.78, 5) is 21.5. The molecule has 1 fully saturated rings. The first-order chi connectivity index (χ1) is 14.7. The molecular weight excluding hydrogens is 412 g/mol. The van der Waals surface area contributed by atoms with Gasteiger partial charge in [-0.2, -0.15) is 10.1 Å². The number of nitrogens with zero attached hydrogens (tertiary/aromatic N) is 4. The number of hydrogen-bond acceptors (Lipinski definition) is 8. The van der Waals surface area contributed by atoms with Crippen LogP contribution in [0, 0.1) is 5.92 Å². The molecule has 0 amide bonds. The summed E-state index contributed by atoms with van der Waals surface area (Å²) in [6.07, 6.45) is 8.18. The third kappa shape index (κ3) is 5.72. The molecule has 0 saturated heterocycles. The van der Waals surface area contributed by atoms with Gasteiger partial charge in [0.25, 0.3) is 0 Å². The van der Waals surface area contributed by atoms with Crippen LogP contribution in [0.1, 0.15) is 52.9 Å². The average Bonchev–Trinajstić information content (AvgIpc) is 3.31. The Hall–Kier alpha value is -2.68. The Balaban J connectivity index is 1.39. The van der Waals surface area contributed by atoms with E-state index >= 15 is 0 Å². The number of nitrogens with one attached hydrogen (secondary N) is 2. The highest BCUT2D eigenvalue weighted by molar-refractivity contribution is 7.17. The molecule has 3 heterocycles. The van der Waals surface area contributed by atoms with Crippen molar-refractivity contribution in [2.45, 2.75) is 64.5 Å². The smallest absolute Gasteiger partial charge is 0.306 e. The zero-order valence-corrected chi connectivity index (χ0v) is 19.3. The molecule has 0 aromatic carbocycles. The van der Waals surface area contributed by atoms with E-state index in [-0.39, 0.29) is 5.97 Å². The van der Waals surface area contributed by atoms with Crippen LogP contribution in [0.25, 0.3) is 10.2 Å². The van der Waals surface area contributed by atoms with E-state index in [1.807, 2.05) is 45.5 Å². The maximum Gasteiger partial charge on any atom is 0.306 e. The van der Waals surface area contributed by atoms with Gasteiger partial charge in [-0.1, -0.05) is 0 Å². The van der Waals surface area contributed by atoms with Crippen LogP contribution in [0.2, 0.25) is 0 Å². The first kappa shape index (κ1) is 21.5. The van der Waals surface area contributed by atoms with Gasteiger partial charge in [-0.15, -0.1) is 11.3 Å². The molecule has 0 spiro atoms. The molecule has 31 heavy (non-hydrogen) atoms. The number of carbonyl (C=O) groups is 1. The number of fused-ring (bicyclic) bond motifs is 1. The monoisotopic (exact) mass is 442 g/mol. The second-order valence-corrected chi connectivity index (χ2v) is 10.1. The van der Waals surface area contributed by atoms with Gasteiger partial charge in [0.05, 0.1) is 22.1 Å². The van der Waals surface area contributed by atoms with Crippen LogP contribution >= 0.6 is 11.3 Å². The number of anilines is 3. The Morgan fingerprint density at radius 2 is 2.03 bits per heavy atom. The number of hydrogen-bond donors (Lipinski definition) is 2. The molecule has 0 aliphatic heterocycles. The second kappa shape index (κ2) is 8.82. The van der Waals surface area contributed by atoms with Gasteiger partial charge in [0.2, 0.25) is 5.95 Å². The molecule has 0 bridgehead atoms. The average molecular weight is 443 g/mol. The predicted octanol–water partition coefficient (Wildman–Crippen LogP) is 4.87. The molecule has 8 nitrogen and oxygen atoms in total. The van der Waals surface area contributed by atoms with Crippen molar-refractivity contribution in [2.75, 3.05) is 10.6 Å². The van der Waals surface area contributed by atoms with E-state index < -0.39 is 5.60 Å². The molecule has 4 rings (SSSR count). The molecule has 166 valence electrons. The van der Waals surface area contributed by atoms with Gasteiger partial charge in [-0.05, 0) is 63.8 Å². The fourth-order valence-corrected chi connectivity index (χ4v) is 4.74. The summed E-state index contributed by atoms with van der Waals surface area (Å²) in [7, 11) is 1.88. The fourth-order valence-electron chi connectivity index (χ4n) is 3.96. The molecule has 3 aromatic heterocycles. The van der Waals surface area contributed by atoms with Crippen LogP contribution < -0.4 is 10.6 Å². The molecular formula is C22H30N6O2S. The van der Waals surface area contributed by atoms with E-state index in [2.05, 4.69) is 20.7 Å². The number of thiophene rings is 1. The summed E-state index contributed by atoms with van der Waals surface area (Å²) in [5, 5.41) is 13.1. The summed E-state index contributed by atoms with van der Waals surface area (Å²) < 4.78 is 8.28. The fraction of sp³-hybridized carbons (Fsp3) is 0.545. The minimum Gasteiger partial charge on any atom is -0.460 e. The maximum atomic E-state index is 12.1. The van der Waals surface area contributed by atoms with Gasteiger partial charge in [-0.25, -0.2) is 4.98 Å². The lowest BCUT2D eigenvalue weighted by Gasteiger charge is -2.30. The Labute approximate surface area is 186 Å². The SMILES string of the molecule is Cn1cc(Nc2nc(NC3CCC(CC(=O)OC(C)(C)C)CC3)c3sccc3n2)cn1. The standard InChI is InChI=1S/C22H30N6O2S/c1-22(2,3)30-18(29)11-14-5-7-15(8-6-14)24-20-19-17(9-10-31-19)26-21(27-20)25-16-12-23-28(4)13-16/h9-10,12-15H,5-8,11H2,1-4H3,(H2,24,25,26,27). The predicted molar refractivity (Wildman–Crippen MR) is 124 cm³/mol. The van der Waals surface area contributed by atoms with E-state index in [0.29, 0.717) is 24.3 Å². The van der Waals surface area contributed by atoms with Gasteiger partial charge in [0.1, 0.15) is 11.4 Å². The molecule has 9 heteroatoms. The van der Waals surface area contributed by atoms with E-state index in [4.69, 9.17) is 9.72 Å². The lowest BCUT2D eigenvalue weighted by molar-refractivity contribution is -0.156. The van der Waals surface area contributed by atoms with Gasteiger partial charge >= 0.3 is 5.97 Å². The summed E-state index contributed by atoms with van der Waals surface area (Å²) in [6.45, 7) is 5.74. The van der Waals surface area contributed by atoms with Gasteiger partial charge in [0.15, 0.2) is 0 Å². The van der Waals surface area contributed by atoms with Crippen molar-refractivity contribution in [3.05, 3.63) is 23.8 Å². The van der Waals surface area contributed by atoms with Crippen molar-refractivity contribution in [1.29, 1.82) is 0 Å². The van der Waals surface area contributed by atoms with E-state index in [1.165, 1.54) is 0 Å². The third-order valence-electron chi connectivity index (χ3n) is 5.33. The Kier molecular flexibility index (Phi) is 6.13. The van der Waals surface area contributed by atoms with Crippen LogP contribution in [0.5, 0.6) is 0 Å². The highest BCUT2D eigenvalue weighted by atomic mass is 32.1. The van der Waals surface area contributed by atoms with Crippen molar-refractivity contribution < 1.29 is 9.53 Å². The topological polar surface area (TPSA) is 94.0 Å². The van der Waals surface area contributed by atoms with Crippen LogP contribution in [0.15, 0.2) is 23.8 Å². The lowest BCUT2D eigenvalue weighted by Crippen LogP contribution is -2.29. The highest BCUT2D eigenvalue weighted by Gasteiger charge is 2.26. The third-order valence-corrected chi connectivity index (χ3v) is 6.24. The van der Waals surface area contributed by atoms with Gasteiger partial charge in [0, 0.05) is 25.7 Å². The van der Waals surface area contributed by atoms with Crippen LogP contribution in [-0.2, 0) is 16.6 Å².